The van der Waals surface area contributed by atoms with E-state index in [9.17, 15) is 0 Å². The van der Waals surface area contributed by atoms with Crippen LogP contribution in [-0.2, 0) is 6.54 Å². The SMILES string of the molecule is CC(C)CN1CCN(Cc2cccc(NN)n2)CC1. The van der Waals surface area contributed by atoms with Gasteiger partial charge in [-0.15, -0.1) is 0 Å². The molecule has 0 saturated carbocycles. The molecule has 0 amide bonds. The van der Waals surface area contributed by atoms with Crippen molar-refractivity contribution in [3.05, 3.63) is 23.9 Å². The Bertz CT molecular complexity index is 385. The molecule has 1 aliphatic heterocycles. The van der Waals surface area contributed by atoms with E-state index in [-0.39, 0.29) is 0 Å². The van der Waals surface area contributed by atoms with Gasteiger partial charge in [-0.05, 0) is 18.1 Å². The summed E-state index contributed by atoms with van der Waals surface area (Å²) in [5.41, 5.74) is 3.67. The molecule has 1 aromatic rings. The van der Waals surface area contributed by atoms with Gasteiger partial charge in [0.25, 0.3) is 0 Å². The number of hydrazine groups is 1. The molecule has 2 rings (SSSR count). The Balaban J connectivity index is 1.81. The van der Waals surface area contributed by atoms with E-state index >= 15 is 0 Å². The number of hydrogen-bond donors (Lipinski definition) is 2. The fraction of sp³-hybridized carbons (Fsp3) is 0.643. The minimum Gasteiger partial charge on any atom is -0.308 e. The zero-order valence-corrected chi connectivity index (χ0v) is 12.0. The van der Waals surface area contributed by atoms with Crippen LogP contribution in [0.1, 0.15) is 19.5 Å². The summed E-state index contributed by atoms with van der Waals surface area (Å²) in [4.78, 5) is 9.47. The molecular weight excluding hydrogens is 238 g/mol. The topological polar surface area (TPSA) is 57.4 Å². The van der Waals surface area contributed by atoms with Crippen LogP contribution in [0.25, 0.3) is 0 Å². The van der Waals surface area contributed by atoms with E-state index in [1.54, 1.807) is 0 Å². The van der Waals surface area contributed by atoms with Crippen molar-refractivity contribution >= 4 is 5.82 Å². The highest BCUT2D eigenvalue weighted by atomic mass is 15.3. The molecule has 5 nitrogen and oxygen atoms in total. The average Bonchev–Trinajstić information content (AvgIpc) is 2.41. The predicted octanol–water partition coefficient (Wildman–Crippen LogP) is 1.14. The van der Waals surface area contributed by atoms with E-state index < -0.39 is 0 Å². The Labute approximate surface area is 115 Å². The molecule has 0 atom stereocenters. The van der Waals surface area contributed by atoms with E-state index in [0.717, 1.165) is 50.2 Å². The molecular formula is C14H25N5. The summed E-state index contributed by atoms with van der Waals surface area (Å²) in [5, 5.41) is 0. The highest BCUT2D eigenvalue weighted by Gasteiger charge is 2.17. The van der Waals surface area contributed by atoms with Gasteiger partial charge in [-0.1, -0.05) is 19.9 Å². The molecule has 1 aromatic heterocycles. The van der Waals surface area contributed by atoms with Gasteiger partial charge in [0.2, 0.25) is 0 Å². The quantitative estimate of drug-likeness (QED) is 0.616. The minimum absolute atomic E-state index is 0.732. The molecule has 0 radical (unpaired) electrons. The highest BCUT2D eigenvalue weighted by molar-refractivity contribution is 5.33. The fourth-order valence-electron chi connectivity index (χ4n) is 2.52. The Morgan fingerprint density at radius 2 is 1.89 bits per heavy atom. The van der Waals surface area contributed by atoms with Crippen LogP contribution in [0.4, 0.5) is 5.82 Å². The number of hydrogen-bond acceptors (Lipinski definition) is 5. The van der Waals surface area contributed by atoms with E-state index in [0.29, 0.717) is 0 Å². The van der Waals surface area contributed by atoms with Crippen LogP contribution in [0.3, 0.4) is 0 Å². The van der Waals surface area contributed by atoms with Crippen molar-refractivity contribution in [3.8, 4) is 0 Å². The predicted molar refractivity (Wildman–Crippen MR) is 78.6 cm³/mol. The van der Waals surface area contributed by atoms with Gasteiger partial charge < -0.3 is 10.3 Å². The van der Waals surface area contributed by atoms with Gasteiger partial charge in [0.05, 0.1) is 5.69 Å². The second-order valence-corrected chi connectivity index (χ2v) is 5.63. The van der Waals surface area contributed by atoms with Crippen molar-refractivity contribution in [2.45, 2.75) is 20.4 Å². The van der Waals surface area contributed by atoms with Gasteiger partial charge in [-0.2, -0.15) is 0 Å². The van der Waals surface area contributed by atoms with E-state index in [2.05, 4.69) is 40.1 Å². The molecule has 5 heteroatoms. The van der Waals surface area contributed by atoms with Crippen molar-refractivity contribution < 1.29 is 0 Å². The lowest BCUT2D eigenvalue weighted by molar-refractivity contribution is 0.116. The lowest BCUT2D eigenvalue weighted by Gasteiger charge is -2.35. The molecule has 19 heavy (non-hydrogen) atoms. The zero-order valence-electron chi connectivity index (χ0n) is 12.0. The standard InChI is InChI=1S/C14H25N5/c1-12(2)10-18-6-8-19(9-7-18)11-13-4-3-5-14(16-13)17-15/h3-5,12H,6-11,15H2,1-2H3,(H,16,17). The third-order valence-corrected chi connectivity index (χ3v) is 3.43. The number of nitrogens with zero attached hydrogens (tertiary/aromatic N) is 3. The van der Waals surface area contributed by atoms with Crippen LogP contribution in [-0.4, -0.2) is 47.5 Å². The van der Waals surface area contributed by atoms with Crippen LogP contribution >= 0.6 is 0 Å². The summed E-state index contributed by atoms with van der Waals surface area (Å²) in [6.45, 7) is 11.2. The summed E-state index contributed by atoms with van der Waals surface area (Å²) in [6.07, 6.45) is 0. The molecule has 1 saturated heterocycles. The Kier molecular flexibility index (Phi) is 5.13. The maximum atomic E-state index is 5.38. The summed E-state index contributed by atoms with van der Waals surface area (Å²) < 4.78 is 0. The number of nitrogens with one attached hydrogen (secondary N) is 1. The van der Waals surface area contributed by atoms with Crippen molar-refractivity contribution in [2.75, 3.05) is 38.1 Å². The molecule has 0 spiro atoms. The average molecular weight is 263 g/mol. The number of piperazine rings is 1. The summed E-state index contributed by atoms with van der Waals surface area (Å²) in [5.74, 6) is 6.87. The molecule has 0 unspecified atom stereocenters. The third-order valence-electron chi connectivity index (χ3n) is 3.43. The van der Waals surface area contributed by atoms with Crippen molar-refractivity contribution in [1.82, 2.24) is 14.8 Å². The second-order valence-electron chi connectivity index (χ2n) is 5.63. The number of pyridine rings is 1. The van der Waals surface area contributed by atoms with E-state index in [1.165, 1.54) is 6.54 Å². The van der Waals surface area contributed by atoms with Crippen molar-refractivity contribution in [1.29, 1.82) is 0 Å². The van der Waals surface area contributed by atoms with Crippen molar-refractivity contribution in [2.24, 2.45) is 11.8 Å². The zero-order chi connectivity index (χ0) is 13.7. The lowest BCUT2D eigenvalue weighted by Crippen LogP contribution is -2.46. The van der Waals surface area contributed by atoms with E-state index in [1.807, 2.05) is 12.1 Å². The maximum Gasteiger partial charge on any atom is 0.140 e. The van der Waals surface area contributed by atoms with Crippen LogP contribution in [0.5, 0.6) is 0 Å². The van der Waals surface area contributed by atoms with Gasteiger partial charge in [0.15, 0.2) is 0 Å². The Morgan fingerprint density at radius 3 is 2.53 bits per heavy atom. The normalized spacial score (nSPS) is 17.9. The number of aromatic nitrogens is 1. The number of nitrogens with two attached hydrogens (primary N) is 1. The van der Waals surface area contributed by atoms with Crippen LogP contribution in [0, 0.1) is 5.92 Å². The molecule has 0 aromatic carbocycles. The first kappa shape index (κ1) is 14.2. The first-order chi connectivity index (χ1) is 9.17. The van der Waals surface area contributed by atoms with Gasteiger partial charge in [-0.25, -0.2) is 10.8 Å². The Morgan fingerprint density at radius 1 is 1.21 bits per heavy atom. The second kappa shape index (κ2) is 6.84. The molecule has 1 aliphatic rings. The molecule has 3 N–H and O–H groups in total. The monoisotopic (exact) mass is 263 g/mol. The molecule has 2 heterocycles. The van der Waals surface area contributed by atoms with Crippen molar-refractivity contribution in [3.63, 3.8) is 0 Å². The van der Waals surface area contributed by atoms with Crippen LogP contribution in [0.15, 0.2) is 18.2 Å². The molecule has 106 valence electrons. The summed E-state index contributed by atoms with van der Waals surface area (Å²) in [6, 6.07) is 5.93. The molecule has 1 fully saturated rings. The fourth-order valence-corrected chi connectivity index (χ4v) is 2.52. The Hall–Kier alpha value is -1.17. The van der Waals surface area contributed by atoms with Gasteiger partial charge in [-0.3, -0.25) is 4.90 Å². The van der Waals surface area contributed by atoms with Crippen LogP contribution in [0.2, 0.25) is 0 Å². The number of rotatable bonds is 5. The maximum absolute atomic E-state index is 5.38. The first-order valence-electron chi connectivity index (χ1n) is 7.04. The largest absolute Gasteiger partial charge is 0.308 e. The number of anilines is 1. The lowest BCUT2D eigenvalue weighted by atomic mass is 10.2. The summed E-state index contributed by atoms with van der Waals surface area (Å²) >= 11 is 0. The summed E-state index contributed by atoms with van der Waals surface area (Å²) in [7, 11) is 0. The van der Waals surface area contributed by atoms with Crippen LogP contribution < -0.4 is 11.3 Å². The smallest absolute Gasteiger partial charge is 0.140 e. The minimum atomic E-state index is 0.732. The molecule has 0 aliphatic carbocycles. The molecule has 0 bridgehead atoms. The van der Waals surface area contributed by atoms with Gasteiger partial charge in [0, 0.05) is 39.3 Å². The van der Waals surface area contributed by atoms with E-state index in [4.69, 9.17) is 5.84 Å². The number of nitrogen functional groups attached to an aromatic ring is 1. The highest BCUT2D eigenvalue weighted by Crippen LogP contribution is 2.10. The first-order valence-corrected chi connectivity index (χ1v) is 7.04. The van der Waals surface area contributed by atoms with Gasteiger partial charge >= 0.3 is 0 Å². The van der Waals surface area contributed by atoms with Gasteiger partial charge in [0.1, 0.15) is 5.82 Å². The third kappa shape index (κ3) is 4.45.